The zero-order valence-electron chi connectivity index (χ0n) is 11.6. The van der Waals surface area contributed by atoms with E-state index < -0.39 is 0 Å². The Morgan fingerprint density at radius 2 is 1.77 bits per heavy atom. The molecule has 5 nitrogen and oxygen atoms in total. The maximum atomic E-state index is 12.2. The van der Waals surface area contributed by atoms with Gasteiger partial charge in [-0.15, -0.1) is 0 Å². The van der Waals surface area contributed by atoms with Crippen LogP contribution in [-0.2, 0) is 0 Å². The Morgan fingerprint density at radius 3 is 2.55 bits per heavy atom. The van der Waals surface area contributed by atoms with Crippen LogP contribution < -0.4 is 10.1 Å². The number of carbonyl (C=O) groups excluding carboxylic acids is 1. The van der Waals surface area contributed by atoms with Gasteiger partial charge in [0.2, 0.25) is 0 Å². The summed E-state index contributed by atoms with van der Waals surface area (Å²) in [5, 5.41) is 2.76. The van der Waals surface area contributed by atoms with Crippen LogP contribution in [-0.4, -0.2) is 15.9 Å². The SMILES string of the molecule is O=C(Nc1cnccc1Oc1ccccc1)c1ccccn1. The number of para-hydroxylation sites is 1. The molecular weight excluding hydrogens is 278 g/mol. The molecule has 1 amide bonds. The number of anilines is 1. The molecule has 0 spiro atoms. The van der Waals surface area contributed by atoms with Crippen molar-refractivity contribution in [2.24, 2.45) is 0 Å². The first-order valence-corrected chi connectivity index (χ1v) is 6.72. The van der Waals surface area contributed by atoms with Crippen LogP contribution in [0.1, 0.15) is 10.5 Å². The summed E-state index contributed by atoms with van der Waals surface area (Å²) in [5.41, 5.74) is 0.819. The second-order valence-corrected chi connectivity index (χ2v) is 4.46. The first kappa shape index (κ1) is 13.8. The normalized spacial score (nSPS) is 10.0. The maximum Gasteiger partial charge on any atom is 0.274 e. The summed E-state index contributed by atoms with van der Waals surface area (Å²) in [6, 6.07) is 16.2. The molecule has 2 aromatic heterocycles. The topological polar surface area (TPSA) is 64.1 Å². The van der Waals surface area contributed by atoms with E-state index in [1.165, 1.54) is 0 Å². The molecule has 0 aliphatic rings. The monoisotopic (exact) mass is 291 g/mol. The number of rotatable bonds is 4. The molecule has 0 bridgehead atoms. The Kier molecular flexibility index (Phi) is 4.06. The average molecular weight is 291 g/mol. The number of aromatic nitrogens is 2. The molecule has 3 rings (SSSR count). The van der Waals surface area contributed by atoms with Crippen LogP contribution in [0.3, 0.4) is 0 Å². The van der Waals surface area contributed by atoms with Gasteiger partial charge in [-0.3, -0.25) is 14.8 Å². The van der Waals surface area contributed by atoms with E-state index in [1.807, 2.05) is 30.3 Å². The fourth-order valence-corrected chi connectivity index (χ4v) is 1.86. The molecule has 0 radical (unpaired) electrons. The van der Waals surface area contributed by atoms with Gasteiger partial charge in [-0.25, -0.2) is 0 Å². The van der Waals surface area contributed by atoms with E-state index in [0.717, 1.165) is 0 Å². The Balaban J connectivity index is 1.81. The zero-order valence-corrected chi connectivity index (χ0v) is 11.6. The van der Waals surface area contributed by atoms with E-state index in [1.54, 1.807) is 42.9 Å². The summed E-state index contributed by atoms with van der Waals surface area (Å²) in [6.07, 6.45) is 4.72. The average Bonchev–Trinajstić information content (AvgIpc) is 2.58. The number of hydrogen-bond acceptors (Lipinski definition) is 4. The minimum Gasteiger partial charge on any atom is -0.455 e. The van der Waals surface area contributed by atoms with Crippen molar-refractivity contribution in [3.63, 3.8) is 0 Å². The number of nitrogens with zero attached hydrogens (tertiary/aromatic N) is 2. The molecule has 1 aromatic carbocycles. The van der Waals surface area contributed by atoms with Gasteiger partial charge in [-0.2, -0.15) is 0 Å². The minimum absolute atomic E-state index is 0.313. The summed E-state index contributed by atoms with van der Waals surface area (Å²) in [4.78, 5) is 20.2. The lowest BCUT2D eigenvalue weighted by atomic mass is 10.3. The first-order chi connectivity index (χ1) is 10.8. The summed E-state index contributed by atoms with van der Waals surface area (Å²) < 4.78 is 5.77. The van der Waals surface area contributed by atoms with Gasteiger partial charge >= 0.3 is 0 Å². The van der Waals surface area contributed by atoms with Gasteiger partial charge in [0.05, 0.1) is 6.20 Å². The highest BCUT2D eigenvalue weighted by Crippen LogP contribution is 2.28. The van der Waals surface area contributed by atoms with Crippen molar-refractivity contribution < 1.29 is 9.53 Å². The van der Waals surface area contributed by atoms with Gasteiger partial charge in [-0.05, 0) is 24.3 Å². The zero-order chi connectivity index (χ0) is 15.2. The fourth-order valence-electron chi connectivity index (χ4n) is 1.86. The van der Waals surface area contributed by atoms with E-state index in [9.17, 15) is 4.79 Å². The molecular formula is C17H13N3O2. The maximum absolute atomic E-state index is 12.2. The second-order valence-electron chi connectivity index (χ2n) is 4.46. The smallest absolute Gasteiger partial charge is 0.274 e. The van der Waals surface area contributed by atoms with Crippen LogP contribution in [0, 0.1) is 0 Å². The quantitative estimate of drug-likeness (QED) is 0.798. The highest BCUT2D eigenvalue weighted by molar-refractivity contribution is 6.03. The molecule has 0 aliphatic heterocycles. The van der Waals surface area contributed by atoms with E-state index in [-0.39, 0.29) is 5.91 Å². The fraction of sp³-hybridized carbons (Fsp3) is 0. The molecule has 3 aromatic rings. The van der Waals surface area contributed by atoms with Gasteiger partial charge in [-0.1, -0.05) is 24.3 Å². The molecule has 0 unspecified atom stereocenters. The molecule has 0 saturated carbocycles. The van der Waals surface area contributed by atoms with Crippen molar-refractivity contribution in [2.75, 3.05) is 5.32 Å². The van der Waals surface area contributed by atoms with Crippen molar-refractivity contribution in [3.05, 3.63) is 78.9 Å². The van der Waals surface area contributed by atoms with Crippen LogP contribution in [0.2, 0.25) is 0 Å². The van der Waals surface area contributed by atoms with E-state index in [4.69, 9.17) is 4.74 Å². The number of pyridine rings is 2. The summed E-state index contributed by atoms with van der Waals surface area (Å²) in [7, 11) is 0. The Labute approximate surface area is 127 Å². The molecule has 2 heterocycles. The van der Waals surface area contributed by atoms with Gasteiger partial charge in [0.1, 0.15) is 17.1 Å². The van der Waals surface area contributed by atoms with Crippen molar-refractivity contribution >= 4 is 11.6 Å². The number of benzene rings is 1. The van der Waals surface area contributed by atoms with Gasteiger partial charge in [0.15, 0.2) is 5.75 Å². The Bertz CT molecular complexity index is 761. The Hall–Kier alpha value is -3.21. The van der Waals surface area contributed by atoms with E-state index in [2.05, 4.69) is 15.3 Å². The summed E-state index contributed by atoms with van der Waals surface area (Å²) in [5.74, 6) is 0.888. The highest BCUT2D eigenvalue weighted by Gasteiger charge is 2.11. The first-order valence-electron chi connectivity index (χ1n) is 6.72. The van der Waals surface area contributed by atoms with Crippen molar-refractivity contribution in [1.82, 2.24) is 9.97 Å². The van der Waals surface area contributed by atoms with Crippen LogP contribution in [0.15, 0.2) is 73.2 Å². The predicted molar refractivity (Wildman–Crippen MR) is 82.9 cm³/mol. The summed E-state index contributed by atoms with van der Waals surface area (Å²) >= 11 is 0. The largest absolute Gasteiger partial charge is 0.455 e. The number of hydrogen-bond donors (Lipinski definition) is 1. The molecule has 108 valence electrons. The molecule has 0 aliphatic carbocycles. The lowest BCUT2D eigenvalue weighted by Crippen LogP contribution is -2.14. The van der Waals surface area contributed by atoms with Gasteiger partial charge < -0.3 is 10.1 Å². The van der Waals surface area contributed by atoms with Crippen molar-refractivity contribution in [1.29, 1.82) is 0 Å². The molecule has 22 heavy (non-hydrogen) atoms. The molecule has 1 N–H and O–H groups in total. The van der Waals surface area contributed by atoms with E-state index in [0.29, 0.717) is 22.9 Å². The third-order valence-corrected chi connectivity index (χ3v) is 2.90. The van der Waals surface area contributed by atoms with Crippen LogP contribution in [0.4, 0.5) is 5.69 Å². The highest BCUT2D eigenvalue weighted by atomic mass is 16.5. The number of ether oxygens (including phenoxy) is 1. The van der Waals surface area contributed by atoms with E-state index >= 15 is 0 Å². The lowest BCUT2D eigenvalue weighted by Gasteiger charge is -2.11. The third kappa shape index (κ3) is 3.27. The van der Waals surface area contributed by atoms with Gasteiger partial charge in [0, 0.05) is 18.5 Å². The molecule has 0 fully saturated rings. The second kappa shape index (κ2) is 6.49. The minimum atomic E-state index is -0.313. The van der Waals surface area contributed by atoms with Crippen LogP contribution in [0.25, 0.3) is 0 Å². The van der Waals surface area contributed by atoms with Gasteiger partial charge in [0.25, 0.3) is 5.91 Å². The standard InChI is InChI=1S/C17H13N3O2/c21-17(14-8-4-5-10-19-14)20-15-12-18-11-9-16(15)22-13-6-2-1-3-7-13/h1-12H,(H,20,21). The van der Waals surface area contributed by atoms with Crippen molar-refractivity contribution in [2.45, 2.75) is 0 Å². The van der Waals surface area contributed by atoms with Crippen LogP contribution >= 0.6 is 0 Å². The third-order valence-electron chi connectivity index (χ3n) is 2.90. The predicted octanol–water partition coefficient (Wildman–Crippen LogP) is 3.52. The summed E-state index contributed by atoms with van der Waals surface area (Å²) in [6.45, 7) is 0. The van der Waals surface area contributed by atoms with Crippen molar-refractivity contribution in [3.8, 4) is 11.5 Å². The number of carbonyl (C=O) groups is 1. The molecule has 5 heteroatoms. The van der Waals surface area contributed by atoms with Crippen LogP contribution in [0.5, 0.6) is 11.5 Å². The Morgan fingerprint density at radius 1 is 0.955 bits per heavy atom. The lowest BCUT2D eigenvalue weighted by molar-refractivity contribution is 0.102. The molecule has 0 saturated heterocycles. The molecule has 0 atom stereocenters. The number of nitrogens with one attached hydrogen (secondary N) is 1. The number of amides is 1.